The van der Waals surface area contributed by atoms with E-state index < -0.39 is 0 Å². The van der Waals surface area contributed by atoms with Gasteiger partial charge >= 0.3 is 0 Å². The molecule has 1 aromatic carbocycles. The number of ether oxygens (including phenoxy) is 1. The monoisotopic (exact) mass is 263 g/mol. The number of carbonyl (C=O) groups is 1. The Kier molecular flexibility index (Phi) is 6.57. The molecule has 0 amide bonds. The predicted octanol–water partition coefficient (Wildman–Crippen LogP) is 3.31. The van der Waals surface area contributed by atoms with Gasteiger partial charge < -0.3 is 4.74 Å². The first-order chi connectivity index (χ1) is 9.12. The maximum Gasteiger partial charge on any atom is 0.176 e. The highest BCUT2D eigenvalue weighted by molar-refractivity contribution is 5.97. The van der Waals surface area contributed by atoms with Gasteiger partial charge in [-0.2, -0.15) is 0 Å². The minimum Gasteiger partial charge on any atom is -0.493 e. The van der Waals surface area contributed by atoms with Crippen LogP contribution in [-0.4, -0.2) is 36.9 Å². The van der Waals surface area contributed by atoms with Gasteiger partial charge in [0.2, 0.25) is 0 Å². The van der Waals surface area contributed by atoms with Crippen LogP contribution in [0.25, 0.3) is 0 Å². The lowest BCUT2D eigenvalue weighted by atomic mass is 10.1. The molecule has 0 bridgehead atoms. The first-order valence-corrected chi connectivity index (χ1v) is 7.11. The van der Waals surface area contributed by atoms with Crippen LogP contribution in [0, 0.1) is 6.92 Å². The van der Waals surface area contributed by atoms with Crippen molar-refractivity contribution in [1.82, 2.24) is 4.90 Å². The van der Waals surface area contributed by atoms with E-state index in [0.29, 0.717) is 13.2 Å². The Labute approximate surface area is 116 Å². The van der Waals surface area contributed by atoms with Gasteiger partial charge in [-0.3, -0.25) is 9.69 Å². The molecule has 0 aliphatic rings. The second-order valence-corrected chi connectivity index (χ2v) is 4.71. The zero-order chi connectivity index (χ0) is 14.3. The van der Waals surface area contributed by atoms with E-state index in [4.69, 9.17) is 4.74 Å². The summed E-state index contributed by atoms with van der Waals surface area (Å²) >= 11 is 0. The van der Waals surface area contributed by atoms with Crippen LogP contribution < -0.4 is 4.74 Å². The Morgan fingerprint density at radius 2 is 1.89 bits per heavy atom. The van der Waals surface area contributed by atoms with Gasteiger partial charge in [0.1, 0.15) is 5.75 Å². The van der Waals surface area contributed by atoms with Crippen molar-refractivity contribution in [2.24, 2.45) is 0 Å². The molecule has 106 valence electrons. The molecule has 0 aliphatic carbocycles. The van der Waals surface area contributed by atoms with Crippen LogP contribution in [0.1, 0.15) is 43.1 Å². The molecule has 0 atom stereocenters. The Balaban J connectivity index is 2.74. The number of rotatable bonds is 8. The fourth-order valence-electron chi connectivity index (χ4n) is 1.94. The largest absolute Gasteiger partial charge is 0.493 e. The van der Waals surface area contributed by atoms with Crippen molar-refractivity contribution in [1.29, 1.82) is 0 Å². The van der Waals surface area contributed by atoms with Crippen molar-refractivity contribution in [3.63, 3.8) is 0 Å². The topological polar surface area (TPSA) is 29.5 Å². The molecule has 0 aromatic heterocycles. The first kappa shape index (κ1) is 15.7. The number of aryl methyl sites for hydroxylation is 1. The standard InChI is InChI=1S/C16H25NO2/c1-5-10-19-16-9-8-14(11-13(16)4)15(18)12-17(6-2)7-3/h8-9,11H,5-7,10,12H2,1-4H3. The summed E-state index contributed by atoms with van der Waals surface area (Å²) in [4.78, 5) is 14.3. The van der Waals surface area contributed by atoms with E-state index in [0.717, 1.165) is 36.4 Å². The Hall–Kier alpha value is -1.35. The van der Waals surface area contributed by atoms with Crippen LogP contribution in [0.3, 0.4) is 0 Å². The highest BCUT2D eigenvalue weighted by Gasteiger charge is 2.11. The molecule has 3 nitrogen and oxygen atoms in total. The molecule has 1 rings (SSSR count). The van der Waals surface area contributed by atoms with E-state index in [1.54, 1.807) is 0 Å². The summed E-state index contributed by atoms with van der Waals surface area (Å²) in [5, 5.41) is 0. The van der Waals surface area contributed by atoms with E-state index in [9.17, 15) is 4.79 Å². The normalized spacial score (nSPS) is 10.8. The molecule has 0 radical (unpaired) electrons. The number of nitrogens with zero attached hydrogens (tertiary/aromatic N) is 1. The minimum atomic E-state index is 0.175. The van der Waals surface area contributed by atoms with Crippen LogP contribution in [0.4, 0.5) is 0 Å². The zero-order valence-corrected chi connectivity index (χ0v) is 12.5. The quantitative estimate of drug-likeness (QED) is 0.674. The van der Waals surface area contributed by atoms with Crippen molar-refractivity contribution in [3.05, 3.63) is 29.3 Å². The average molecular weight is 263 g/mol. The van der Waals surface area contributed by atoms with Crippen LogP contribution >= 0.6 is 0 Å². The molecular weight excluding hydrogens is 238 g/mol. The lowest BCUT2D eigenvalue weighted by Gasteiger charge is -2.17. The molecule has 3 heteroatoms. The summed E-state index contributed by atoms with van der Waals surface area (Å²) in [6.07, 6.45) is 0.988. The summed E-state index contributed by atoms with van der Waals surface area (Å²) in [5.74, 6) is 1.05. The SMILES string of the molecule is CCCOc1ccc(C(=O)CN(CC)CC)cc1C. The van der Waals surface area contributed by atoms with Gasteiger partial charge in [0.15, 0.2) is 5.78 Å². The van der Waals surface area contributed by atoms with Gasteiger partial charge in [-0.15, -0.1) is 0 Å². The zero-order valence-electron chi connectivity index (χ0n) is 12.5. The van der Waals surface area contributed by atoms with E-state index in [2.05, 4.69) is 25.7 Å². The highest BCUT2D eigenvalue weighted by Crippen LogP contribution is 2.19. The van der Waals surface area contributed by atoms with Crippen LogP contribution in [0.5, 0.6) is 5.75 Å². The third-order valence-electron chi connectivity index (χ3n) is 3.22. The molecular formula is C16H25NO2. The summed E-state index contributed by atoms with van der Waals surface area (Å²) < 4.78 is 5.62. The molecule has 0 spiro atoms. The number of benzene rings is 1. The highest BCUT2D eigenvalue weighted by atomic mass is 16.5. The average Bonchev–Trinajstić information content (AvgIpc) is 2.43. The van der Waals surface area contributed by atoms with Crippen molar-refractivity contribution in [2.75, 3.05) is 26.2 Å². The molecule has 1 aromatic rings. The van der Waals surface area contributed by atoms with Crippen LogP contribution in [-0.2, 0) is 0 Å². The maximum absolute atomic E-state index is 12.2. The van der Waals surface area contributed by atoms with Gasteiger partial charge in [0.05, 0.1) is 13.2 Å². The third kappa shape index (κ3) is 4.67. The number of hydrogen-bond acceptors (Lipinski definition) is 3. The van der Waals surface area contributed by atoms with Crippen molar-refractivity contribution in [2.45, 2.75) is 34.1 Å². The maximum atomic E-state index is 12.2. The van der Waals surface area contributed by atoms with Crippen molar-refractivity contribution < 1.29 is 9.53 Å². The van der Waals surface area contributed by atoms with Crippen LogP contribution in [0.15, 0.2) is 18.2 Å². The van der Waals surface area contributed by atoms with E-state index in [1.165, 1.54) is 0 Å². The van der Waals surface area contributed by atoms with Gasteiger partial charge in [-0.05, 0) is 50.2 Å². The predicted molar refractivity (Wildman–Crippen MR) is 79.1 cm³/mol. The summed E-state index contributed by atoms with van der Waals surface area (Å²) in [6, 6.07) is 5.70. The lowest BCUT2D eigenvalue weighted by Crippen LogP contribution is -2.29. The molecule has 0 heterocycles. The van der Waals surface area contributed by atoms with Gasteiger partial charge in [0.25, 0.3) is 0 Å². The summed E-state index contributed by atoms with van der Waals surface area (Å²) in [7, 11) is 0. The fourth-order valence-corrected chi connectivity index (χ4v) is 1.94. The molecule has 0 saturated heterocycles. The Morgan fingerprint density at radius 3 is 2.42 bits per heavy atom. The smallest absolute Gasteiger partial charge is 0.176 e. The number of Topliss-reactive ketones (excluding diaryl/α,β-unsaturated/α-hetero) is 1. The second kappa shape index (κ2) is 7.95. The lowest BCUT2D eigenvalue weighted by molar-refractivity contribution is 0.0937. The number of hydrogen-bond donors (Lipinski definition) is 0. The molecule has 0 fully saturated rings. The van der Waals surface area contributed by atoms with E-state index >= 15 is 0 Å². The van der Waals surface area contributed by atoms with Gasteiger partial charge in [0, 0.05) is 5.56 Å². The first-order valence-electron chi connectivity index (χ1n) is 7.11. The second-order valence-electron chi connectivity index (χ2n) is 4.71. The molecule has 0 saturated carbocycles. The summed E-state index contributed by atoms with van der Waals surface area (Å²) in [6.45, 7) is 11.2. The van der Waals surface area contributed by atoms with E-state index in [-0.39, 0.29) is 5.78 Å². The Bertz CT molecular complexity index is 411. The van der Waals surface area contributed by atoms with Crippen molar-refractivity contribution in [3.8, 4) is 5.75 Å². The molecule has 0 unspecified atom stereocenters. The third-order valence-corrected chi connectivity index (χ3v) is 3.22. The molecule has 0 aliphatic heterocycles. The molecule has 19 heavy (non-hydrogen) atoms. The van der Waals surface area contributed by atoms with Gasteiger partial charge in [-0.1, -0.05) is 20.8 Å². The van der Waals surface area contributed by atoms with Crippen molar-refractivity contribution >= 4 is 5.78 Å². The number of ketones is 1. The van der Waals surface area contributed by atoms with Gasteiger partial charge in [-0.25, -0.2) is 0 Å². The Morgan fingerprint density at radius 1 is 1.21 bits per heavy atom. The summed E-state index contributed by atoms with van der Waals surface area (Å²) in [5.41, 5.74) is 1.80. The number of likely N-dealkylation sites (N-methyl/N-ethyl adjacent to an activating group) is 1. The molecule has 0 N–H and O–H groups in total. The minimum absolute atomic E-state index is 0.175. The van der Waals surface area contributed by atoms with E-state index in [1.807, 2.05) is 25.1 Å². The fraction of sp³-hybridized carbons (Fsp3) is 0.562. The number of carbonyl (C=O) groups excluding carboxylic acids is 1. The van der Waals surface area contributed by atoms with Crippen LogP contribution in [0.2, 0.25) is 0 Å².